The highest BCUT2D eigenvalue weighted by Gasteiger charge is 2.25. The molecule has 112 valence electrons. The van der Waals surface area contributed by atoms with Gasteiger partial charge in [-0.25, -0.2) is 9.97 Å². The topological polar surface area (TPSA) is 58.3 Å². The Morgan fingerprint density at radius 1 is 1.19 bits per heavy atom. The van der Waals surface area contributed by atoms with E-state index >= 15 is 0 Å². The molecule has 1 atom stereocenters. The van der Waals surface area contributed by atoms with Crippen LogP contribution in [-0.4, -0.2) is 47.6 Å². The molecule has 1 saturated heterocycles. The summed E-state index contributed by atoms with van der Waals surface area (Å²) >= 11 is 5.30. The number of nitrogens with zero attached hydrogens (tertiary/aromatic N) is 4. The Morgan fingerprint density at radius 3 is 2.48 bits per heavy atom. The van der Waals surface area contributed by atoms with Gasteiger partial charge in [-0.1, -0.05) is 0 Å². The minimum absolute atomic E-state index is 0.306. The second kappa shape index (κ2) is 6.83. The van der Waals surface area contributed by atoms with Gasteiger partial charge >= 0.3 is 0 Å². The van der Waals surface area contributed by atoms with Gasteiger partial charge in [-0.3, -0.25) is 4.90 Å². The maximum absolute atomic E-state index is 6.00. The van der Waals surface area contributed by atoms with Gasteiger partial charge in [0.05, 0.1) is 9.83 Å². The van der Waals surface area contributed by atoms with E-state index in [0.717, 1.165) is 35.9 Å². The zero-order valence-corrected chi connectivity index (χ0v) is 14.1. The largest absolute Gasteiger partial charge is 0.338 e. The standard InChI is InChI=1S/C14H18BrN5S/c15-13-3-2-12(21-13)11(10-16)19-6-8-20(9-7-19)14-17-4-1-5-18-14/h1-5,11H,6-10,16H2. The molecule has 1 unspecified atom stereocenters. The van der Waals surface area contributed by atoms with Crippen LogP contribution in [0.1, 0.15) is 10.9 Å². The lowest BCUT2D eigenvalue weighted by Gasteiger charge is -2.38. The first kappa shape index (κ1) is 14.9. The summed E-state index contributed by atoms with van der Waals surface area (Å²) in [5.74, 6) is 0.820. The molecule has 2 aromatic rings. The van der Waals surface area contributed by atoms with Crippen molar-refractivity contribution in [3.8, 4) is 0 Å². The average Bonchev–Trinajstić information content (AvgIpc) is 2.96. The maximum atomic E-state index is 6.00. The third kappa shape index (κ3) is 3.42. The lowest BCUT2D eigenvalue weighted by Crippen LogP contribution is -2.49. The molecular formula is C14H18BrN5S. The van der Waals surface area contributed by atoms with E-state index in [1.165, 1.54) is 4.88 Å². The van der Waals surface area contributed by atoms with Gasteiger partial charge in [-0.2, -0.15) is 0 Å². The quantitative estimate of drug-likeness (QED) is 0.896. The molecule has 1 aliphatic rings. The van der Waals surface area contributed by atoms with Crippen molar-refractivity contribution in [2.75, 3.05) is 37.6 Å². The number of hydrogen-bond acceptors (Lipinski definition) is 6. The Morgan fingerprint density at radius 2 is 1.90 bits per heavy atom. The summed E-state index contributed by atoms with van der Waals surface area (Å²) in [5.41, 5.74) is 6.00. The van der Waals surface area contributed by atoms with Gasteiger partial charge in [0.15, 0.2) is 0 Å². The Hall–Kier alpha value is -1.02. The van der Waals surface area contributed by atoms with Crippen LogP contribution in [0, 0.1) is 0 Å². The molecular weight excluding hydrogens is 350 g/mol. The van der Waals surface area contributed by atoms with E-state index < -0.39 is 0 Å². The molecule has 7 heteroatoms. The second-order valence-corrected chi connectivity index (χ2v) is 7.46. The van der Waals surface area contributed by atoms with Gasteiger partial charge in [0.2, 0.25) is 5.95 Å². The van der Waals surface area contributed by atoms with E-state index in [0.29, 0.717) is 12.6 Å². The van der Waals surface area contributed by atoms with Gasteiger partial charge in [0, 0.05) is 50.0 Å². The molecule has 2 aromatic heterocycles. The zero-order chi connectivity index (χ0) is 14.7. The molecule has 1 aliphatic heterocycles. The number of rotatable bonds is 4. The third-order valence-corrected chi connectivity index (χ3v) is 5.46. The van der Waals surface area contributed by atoms with E-state index in [1.807, 2.05) is 6.07 Å². The predicted octanol–water partition coefficient (Wildman–Crippen LogP) is 2.12. The fourth-order valence-electron chi connectivity index (χ4n) is 2.64. The summed E-state index contributed by atoms with van der Waals surface area (Å²) in [6, 6.07) is 6.41. The number of anilines is 1. The van der Waals surface area contributed by atoms with E-state index in [2.05, 4.69) is 47.8 Å². The molecule has 3 heterocycles. The highest BCUT2D eigenvalue weighted by atomic mass is 79.9. The summed E-state index contributed by atoms with van der Waals surface area (Å²) < 4.78 is 1.16. The number of aromatic nitrogens is 2. The van der Waals surface area contributed by atoms with E-state index in [-0.39, 0.29) is 0 Å². The predicted molar refractivity (Wildman–Crippen MR) is 89.6 cm³/mol. The zero-order valence-electron chi connectivity index (χ0n) is 11.7. The van der Waals surface area contributed by atoms with Crippen molar-refractivity contribution in [1.29, 1.82) is 0 Å². The molecule has 1 fully saturated rings. The van der Waals surface area contributed by atoms with E-state index in [4.69, 9.17) is 5.73 Å². The minimum atomic E-state index is 0.306. The van der Waals surface area contributed by atoms with Crippen LogP contribution < -0.4 is 10.6 Å². The number of piperazine rings is 1. The molecule has 2 N–H and O–H groups in total. The third-order valence-electron chi connectivity index (χ3n) is 3.74. The molecule has 0 bridgehead atoms. The first-order valence-corrected chi connectivity index (χ1v) is 8.60. The molecule has 5 nitrogen and oxygen atoms in total. The molecule has 0 amide bonds. The van der Waals surface area contributed by atoms with Crippen LogP contribution in [0.15, 0.2) is 34.4 Å². The number of halogens is 1. The fraction of sp³-hybridized carbons (Fsp3) is 0.429. The van der Waals surface area contributed by atoms with Crippen LogP contribution in [0.3, 0.4) is 0 Å². The van der Waals surface area contributed by atoms with Crippen LogP contribution in [-0.2, 0) is 0 Å². The summed E-state index contributed by atoms with van der Waals surface area (Å²) in [7, 11) is 0. The number of thiophene rings is 1. The normalized spacial score (nSPS) is 17.9. The van der Waals surface area contributed by atoms with Crippen LogP contribution in [0.5, 0.6) is 0 Å². The van der Waals surface area contributed by atoms with Gasteiger partial charge in [0.1, 0.15) is 0 Å². The molecule has 0 saturated carbocycles. The highest BCUT2D eigenvalue weighted by molar-refractivity contribution is 9.11. The first-order chi connectivity index (χ1) is 10.3. The van der Waals surface area contributed by atoms with Gasteiger partial charge in [0.25, 0.3) is 0 Å². The summed E-state index contributed by atoms with van der Waals surface area (Å²) in [5, 5.41) is 0. The summed E-state index contributed by atoms with van der Waals surface area (Å²) in [6.07, 6.45) is 3.58. The molecule has 0 aliphatic carbocycles. The van der Waals surface area contributed by atoms with E-state index in [9.17, 15) is 0 Å². The molecule has 0 spiro atoms. The van der Waals surface area contributed by atoms with Gasteiger partial charge < -0.3 is 10.6 Å². The van der Waals surface area contributed by atoms with Crippen molar-refractivity contribution >= 4 is 33.2 Å². The second-order valence-electron chi connectivity index (χ2n) is 4.97. The average molecular weight is 368 g/mol. The number of nitrogens with two attached hydrogens (primary N) is 1. The lowest BCUT2D eigenvalue weighted by molar-refractivity contribution is 0.192. The van der Waals surface area contributed by atoms with Crippen LogP contribution in [0.25, 0.3) is 0 Å². The van der Waals surface area contributed by atoms with Crippen LogP contribution in [0.4, 0.5) is 5.95 Å². The highest BCUT2D eigenvalue weighted by Crippen LogP contribution is 2.31. The van der Waals surface area contributed by atoms with Crippen molar-refractivity contribution in [3.05, 3.63) is 39.3 Å². The minimum Gasteiger partial charge on any atom is -0.338 e. The Bertz CT molecular complexity index is 568. The lowest BCUT2D eigenvalue weighted by atomic mass is 10.1. The van der Waals surface area contributed by atoms with Crippen LogP contribution >= 0.6 is 27.3 Å². The summed E-state index contributed by atoms with van der Waals surface area (Å²) in [6.45, 7) is 4.49. The fourth-order valence-corrected chi connectivity index (χ4v) is 4.21. The molecule has 0 aromatic carbocycles. The van der Waals surface area contributed by atoms with Crippen LogP contribution in [0.2, 0.25) is 0 Å². The van der Waals surface area contributed by atoms with Crippen molar-refractivity contribution in [2.45, 2.75) is 6.04 Å². The van der Waals surface area contributed by atoms with Gasteiger partial charge in [-0.05, 0) is 34.1 Å². The van der Waals surface area contributed by atoms with Crippen molar-refractivity contribution in [3.63, 3.8) is 0 Å². The Balaban J connectivity index is 1.64. The molecule has 21 heavy (non-hydrogen) atoms. The maximum Gasteiger partial charge on any atom is 0.225 e. The van der Waals surface area contributed by atoms with Gasteiger partial charge in [-0.15, -0.1) is 11.3 Å². The van der Waals surface area contributed by atoms with E-state index in [1.54, 1.807) is 23.7 Å². The number of hydrogen-bond donors (Lipinski definition) is 1. The van der Waals surface area contributed by atoms with Crippen molar-refractivity contribution in [2.24, 2.45) is 5.73 Å². The Kier molecular flexibility index (Phi) is 4.84. The Labute approximate surface area is 136 Å². The van der Waals surface area contributed by atoms with Crippen molar-refractivity contribution < 1.29 is 0 Å². The molecule has 0 radical (unpaired) electrons. The first-order valence-electron chi connectivity index (χ1n) is 6.99. The SMILES string of the molecule is NCC(c1ccc(Br)s1)N1CCN(c2ncccn2)CC1. The molecule has 3 rings (SSSR count). The summed E-state index contributed by atoms with van der Waals surface area (Å²) in [4.78, 5) is 14.7. The van der Waals surface area contributed by atoms with Crippen molar-refractivity contribution in [1.82, 2.24) is 14.9 Å². The smallest absolute Gasteiger partial charge is 0.225 e. The monoisotopic (exact) mass is 367 g/mol.